The third-order valence-corrected chi connectivity index (χ3v) is 4.61. The van der Waals surface area contributed by atoms with Crippen LogP contribution in [0, 0.1) is 12.8 Å². The number of carbonyl (C=O) groups excluding carboxylic acids is 1. The Balaban J connectivity index is 1.86. The summed E-state index contributed by atoms with van der Waals surface area (Å²) >= 11 is 0. The molecule has 1 aromatic heterocycles. The topological polar surface area (TPSA) is 58.4 Å². The van der Waals surface area contributed by atoms with E-state index < -0.39 is 0 Å². The van der Waals surface area contributed by atoms with Crippen LogP contribution in [0.15, 0.2) is 36.4 Å². The lowest BCUT2D eigenvalue weighted by Gasteiger charge is -2.37. The van der Waals surface area contributed by atoms with Crippen LogP contribution < -0.4 is 0 Å². The van der Waals surface area contributed by atoms with Crippen LogP contribution in [0.1, 0.15) is 35.9 Å². The van der Waals surface area contributed by atoms with E-state index in [2.05, 4.69) is 12.0 Å². The van der Waals surface area contributed by atoms with Crippen molar-refractivity contribution in [2.45, 2.75) is 32.7 Å². The van der Waals surface area contributed by atoms with Crippen LogP contribution in [0.2, 0.25) is 0 Å². The summed E-state index contributed by atoms with van der Waals surface area (Å²) in [5, 5.41) is 13.9. The second-order valence-corrected chi connectivity index (χ2v) is 6.35. The first-order valence-corrected chi connectivity index (χ1v) is 8.14. The first-order valence-electron chi connectivity index (χ1n) is 8.14. The van der Waals surface area contributed by atoms with E-state index >= 15 is 0 Å². The number of aromatic nitrogens is 2. The molecule has 2 aromatic rings. The van der Waals surface area contributed by atoms with Crippen molar-refractivity contribution in [2.75, 3.05) is 13.2 Å². The Morgan fingerprint density at radius 2 is 2.04 bits per heavy atom. The van der Waals surface area contributed by atoms with Crippen LogP contribution in [0.3, 0.4) is 0 Å². The van der Waals surface area contributed by atoms with Crippen LogP contribution in [-0.4, -0.2) is 44.9 Å². The van der Waals surface area contributed by atoms with Gasteiger partial charge in [0.25, 0.3) is 5.91 Å². The van der Waals surface area contributed by atoms with Crippen molar-refractivity contribution in [1.82, 2.24) is 14.7 Å². The van der Waals surface area contributed by atoms with Gasteiger partial charge >= 0.3 is 0 Å². The van der Waals surface area contributed by atoms with E-state index in [4.69, 9.17) is 0 Å². The smallest absolute Gasteiger partial charge is 0.274 e. The number of para-hydroxylation sites is 1. The summed E-state index contributed by atoms with van der Waals surface area (Å²) in [5.74, 6) is 0.126. The van der Waals surface area contributed by atoms with Gasteiger partial charge in [-0.15, -0.1) is 0 Å². The van der Waals surface area contributed by atoms with E-state index in [0.717, 1.165) is 24.2 Å². The van der Waals surface area contributed by atoms with Crippen LogP contribution in [0.25, 0.3) is 5.69 Å². The largest absolute Gasteiger partial charge is 0.396 e. The van der Waals surface area contributed by atoms with Crippen molar-refractivity contribution in [1.29, 1.82) is 0 Å². The predicted octanol–water partition coefficient (Wildman–Crippen LogP) is 2.41. The van der Waals surface area contributed by atoms with Crippen molar-refractivity contribution in [3.05, 3.63) is 47.8 Å². The van der Waals surface area contributed by atoms with Gasteiger partial charge in [-0.05, 0) is 50.8 Å². The standard InChI is InChI=1S/C18H23N3O2/c1-13-8-9-15(12-22)11-20(13)18(23)17-10-14(2)21(19-17)16-6-4-3-5-7-16/h3-7,10,13,15,22H,8-9,11-12H2,1-2H3. The number of amides is 1. The molecule has 5 nitrogen and oxygen atoms in total. The molecule has 1 amide bonds. The maximum Gasteiger partial charge on any atom is 0.274 e. The van der Waals surface area contributed by atoms with E-state index in [-0.39, 0.29) is 24.5 Å². The number of hydrogen-bond acceptors (Lipinski definition) is 3. The second kappa shape index (κ2) is 6.54. The number of likely N-dealkylation sites (tertiary alicyclic amines) is 1. The van der Waals surface area contributed by atoms with Crippen molar-refractivity contribution >= 4 is 5.91 Å². The number of piperidine rings is 1. The summed E-state index contributed by atoms with van der Waals surface area (Å²) in [4.78, 5) is 14.7. The number of nitrogens with zero attached hydrogens (tertiary/aromatic N) is 3. The summed E-state index contributed by atoms with van der Waals surface area (Å²) < 4.78 is 1.80. The molecular weight excluding hydrogens is 290 g/mol. The Morgan fingerprint density at radius 1 is 1.30 bits per heavy atom. The Bertz CT molecular complexity index is 681. The summed E-state index contributed by atoms with van der Waals surface area (Å²) in [6, 6.07) is 11.8. The second-order valence-electron chi connectivity index (χ2n) is 6.35. The van der Waals surface area contributed by atoms with Crippen molar-refractivity contribution < 1.29 is 9.90 Å². The van der Waals surface area contributed by atoms with Crippen molar-refractivity contribution in [3.8, 4) is 5.69 Å². The average Bonchev–Trinajstić information content (AvgIpc) is 2.97. The summed E-state index contributed by atoms with van der Waals surface area (Å²) in [6.07, 6.45) is 1.90. The molecule has 1 fully saturated rings. The highest BCUT2D eigenvalue weighted by atomic mass is 16.3. The van der Waals surface area contributed by atoms with Gasteiger partial charge < -0.3 is 10.0 Å². The number of aryl methyl sites for hydroxylation is 1. The molecule has 5 heteroatoms. The molecule has 2 atom stereocenters. The molecule has 0 bridgehead atoms. The van der Waals surface area contributed by atoms with Crippen LogP contribution in [0.5, 0.6) is 0 Å². The fraction of sp³-hybridized carbons (Fsp3) is 0.444. The third-order valence-electron chi connectivity index (χ3n) is 4.61. The van der Waals surface area contributed by atoms with E-state index in [0.29, 0.717) is 12.2 Å². The lowest BCUT2D eigenvalue weighted by atomic mass is 9.94. The minimum atomic E-state index is -0.0477. The molecule has 23 heavy (non-hydrogen) atoms. The average molecular weight is 313 g/mol. The Hall–Kier alpha value is -2.14. The van der Waals surface area contributed by atoms with E-state index in [9.17, 15) is 9.90 Å². The molecule has 122 valence electrons. The maximum atomic E-state index is 12.8. The fourth-order valence-corrected chi connectivity index (χ4v) is 3.17. The first kappa shape index (κ1) is 15.7. The maximum absolute atomic E-state index is 12.8. The van der Waals surface area contributed by atoms with Gasteiger partial charge in [0, 0.05) is 24.9 Å². The van der Waals surface area contributed by atoms with Crippen LogP contribution >= 0.6 is 0 Å². The third kappa shape index (κ3) is 3.15. The number of carbonyl (C=O) groups is 1. The zero-order valence-electron chi connectivity index (χ0n) is 13.6. The molecule has 2 unspecified atom stereocenters. The van der Waals surface area contributed by atoms with E-state index in [1.807, 2.05) is 48.2 Å². The minimum Gasteiger partial charge on any atom is -0.396 e. The van der Waals surface area contributed by atoms with Gasteiger partial charge in [-0.2, -0.15) is 5.10 Å². The highest BCUT2D eigenvalue weighted by Crippen LogP contribution is 2.23. The first-order chi connectivity index (χ1) is 11.1. The minimum absolute atomic E-state index is 0.0477. The molecule has 0 saturated carbocycles. The summed E-state index contributed by atoms with van der Waals surface area (Å²) in [5.41, 5.74) is 2.35. The zero-order valence-corrected chi connectivity index (χ0v) is 13.6. The molecular formula is C18H23N3O2. The Morgan fingerprint density at radius 3 is 2.74 bits per heavy atom. The van der Waals surface area contributed by atoms with Gasteiger partial charge in [0.05, 0.1) is 5.69 Å². The van der Waals surface area contributed by atoms with Gasteiger partial charge in [0.2, 0.25) is 0 Å². The lowest BCUT2D eigenvalue weighted by molar-refractivity contribution is 0.0483. The Kier molecular flexibility index (Phi) is 4.48. The van der Waals surface area contributed by atoms with Crippen LogP contribution in [0.4, 0.5) is 0 Å². The van der Waals surface area contributed by atoms with Crippen molar-refractivity contribution in [2.24, 2.45) is 5.92 Å². The molecule has 1 aromatic carbocycles. The molecule has 0 spiro atoms. The molecule has 1 saturated heterocycles. The quantitative estimate of drug-likeness (QED) is 0.946. The summed E-state index contributed by atoms with van der Waals surface area (Å²) in [6.45, 7) is 4.75. The lowest BCUT2D eigenvalue weighted by Crippen LogP contribution is -2.46. The highest BCUT2D eigenvalue weighted by molar-refractivity contribution is 5.92. The van der Waals surface area contributed by atoms with E-state index in [1.165, 1.54) is 0 Å². The summed E-state index contributed by atoms with van der Waals surface area (Å²) in [7, 11) is 0. The number of hydrogen-bond donors (Lipinski definition) is 1. The van der Waals surface area contributed by atoms with Crippen LogP contribution in [-0.2, 0) is 0 Å². The molecule has 0 aliphatic carbocycles. The number of rotatable bonds is 3. The molecule has 2 heterocycles. The van der Waals surface area contributed by atoms with E-state index in [1.54, 1.807) is 4.68 Å². The van der Waals surface area contributed by atoms with Crippen molar-refractivity contribution in [3.63, 3.8) is 0 Å². The van der Waals surface area contributed by atoms with Gasteiger partial charge in [-0.25, -0.2) is 4.68 Å². The number of benzene rings is 1. The normalized spacial score (nSPS) is 21.4. The fourth-order valence-electron chi connectivity index (χ4n) is 3.17. The molecule has 0 radical (unpaired) electrons. The zero-order chi connectivity index (χ0) is 16.4. The van der Waals surface area contributed by atoms with Gasteiger partial charge in [0.15, 0.2) is 5.69 Å². The molecule has 1 aliphatic rings. The number of aliphatic hydroxyl groups is 1. The highest BCUT2D eigenvalue weighted by Gasteiger charge is 2.30. The molecule has 3 rings (SSSR count). The van der Waals surface area contributed by atoms with Gasteiger partial charge in [-0.1, -0.05) is 18.2 Å². The SMILES string of the molecule is Cc1cc(C(=O)N2CC(CO)CCC2C)nn1-c1ccccc1. The van der Waals surface area contributed by atoms with Gasteiger partial charge in [0.1, 0.15) is 0 Å². The van der Waals surface area contributed by atoms with Gasteiger partial charge in [-0.3, -0.25) is 4.79 Å². The molecule has 1 aliphatic heterocycles. The number of aliphatic hydroxyl groups excluding tert-OH is 1. The molecule has 1 N–H and O–H groups in total. The Labute approximate surface area is 136 Å². The monoisotopic (exact) mass is 313 g/mol. The predicted molar refractivity (Wildman–Crippen MR) is 88.6 cm³/mol.